The zero-order chi connectivity index (χ0) is 43.6. The van der Waals surface area contributed by atoms with E-state index in [1.807, 2.05) is 0 Å². The van der Waals surface area contributed by atoms with E-state index in [2.05, 4.69) is 0 Å². The molecule has 0 bridgehead atoms. The van der Waals surface area contributed by atoms with Gasteiger partial charge in [0.25, 0.3) is 0 Å². The number of aromatic hydroxyl groups is 6. The maximum atomic E-state index is 10.8. The average Bonchev–Trinajstić information content (AvgIpc) is 3.20. The molecule has 306 valence electrons. The Bertz CT molecular complexity index is 2040. The fraction of sp³-hybridized carbons (Fsp3) is 0. The van der Waals surface area contributed by atoms with Gasteiger partial charge in [-0.2, -0.15) is 28.4 Å². The van der Waals surface area contributed by atoms with Crippen LogP contribution in [0.15, 0.2) is 184 Å². The van der Waals surface area contributed by atoms with E-state index in [9.17, 15) is 31.2 Å². The van der Waals surface area contributed by atoms with Crippen LogP contribution in [0.2, 0.25) is 0 Å². The average molecular weight is 817 g/mol. The number of pyridine rings is 6. The molecular weight excluding hydrogens is 780 g/mol. The van der Waals surface area contributed by atoms with Crippen LogP contribution < -0.4 is 28.4 Å². The molecule has 6 N–H and O–H groups in total. The van der Waals surface area contributed by atoms with Gasteiger partial charge in [0.1, 0.15) is 34.5 Å². The van der Waals surface area contributed by atoms with Gasteiger partial charge in [-0.1, -0.05) is 0 Å². The molecule has 0 fully saturated rings. The van der Waals surface area contributed by atoms with Crippen molar-refractivity contribution < 1.29 is 59.0 Å². The first kappa shape index (κ1) is 43.7. The molecule has 8 aromatic rings. The Morgan fingerprint density at radius 2 is 0.317 bits per heavy atom. The third-order valence-electron chi connectivity index (χ3n) is 7.59. The summed E-state index contributed by atoms with van der Waals surface area (Å²) in [6, 6.07) is 27.3. The molecule has 0 saturated heterocycles. The van der Waals surface area contributed by atoms with E-state index in [0.29, 0.717) is 0 Å². The van der Waals surface area contributed by atoms with Crippen molar-refractivity contribution in [2.24, 2.45) is 0 Å². The summed E-state index contributed by atoms with van der Waals surface area (Å²) in [5.74, 6) is -0.875. The van der Waals surface area contributed by atoms with E-state index in [1.165, 1.54) is 74.4 Å². The lowest BCUT2D eigenvalue weighted by Gasteiger charge is -2.00. The molecule has 0 atom stereocenters. The van der Waals surface area contributed by atoms with Crippen LogP contribution in [0.25, 0.3) is 33.4 Å². The highest BCUT2D eigenvalue weighted by atomic mass is 16.5. The summed E-state index contributed by atoms with van der Waals surface area (Å²) in [6.45, 7) is 0. The number of nitrogens with zero attached hydrogens (tertiary/aromatic N) is 6. The van der Waals surface area contributed by atoms with Crippen LogP contribution in [-0.2, 0) is 0 Å². The van der Waals surface area contributed by atoms with Crippen molar-refractivity contribution in [1.29, 1.82) is 0 Å². The Balaban J connectivity index is 0.000000168. The predicted molar refractivity (Wildman–Crippen MR) is 212 cm³/mol. The smallest absolute Gasteiger partial charge is 0.180 e. The zero-order valence-electron chi connectivity index (χ0n) is 31.1. The van der Waals surface area contributed by atoms with Crippen LogP contribution in [-0.4, -0.2) is 30.6 Å². The van der Waals surface area contributed by atoms with Crippen molar-refractivity contribution in [2.45, 2.75) is 0 Å². The summed E-state index contributed by atoms with van der Waals surface area (Å²) in [6.07, 6.45) is 17.1. The minimum Gasteiger partial charge on any atom is -0.619 e. The van der Waals surface area contributed by atoms with Gasteiger partial charge in [0.05, 0.1) is 0 Å². The lowest BCUT2D eigenvalue weighted by Crippen LogP contribution is -2.24. The highest BCUT2D eigenvalue weighted by Gasteiger charge is 2.03. The molecule has 60 heavy (non-hydrogen) atoms. The highest BCUT2D eigenvalue weighted by molar-refractivity contribution is 5.62. The second-order valence-corrected chi connectivity index (χ2v) is 12.1. The molecule has 6 heterocycles. The normalized spacial score (nSPS) is 9.80. The summed E-state index contributed by atoms with van der Waals surface area (Å²) in [5.41, 5.74) is 5.49. The molecule has 0 amide bonds. The quantitative estimate of drug-likeness (QED) is 0.110. The fourth-order valence-electron chi connectivity index (χ4n) is 4.79. The monoisotopic (exact) mass is 816 g/mol. The van der Waals surface area contributed by atoms with E-state index in [-0.39, 0.29) is 34.5 Å². The Hall–Kier alpha value is -9.06. The van der Waals surface area contributed by atoms with E-state index >= 15 is 0 Å². The first-order valence-electron chi connectivity index (χ1n) is 17.2. The highest BCUT2D eigenvalue weighted by Crippen LogP contribution is 2.25. The van der Waals surface area contributed by atoms with E-state index in [4.69, 9.17) is 30.6 Å². The Morgan fingerprint density at radius 3 is 0.417 bits per heavy atom. The van der Waals surface area contributed by atoms with E-state index in [0.717, 1.165) is 98.2 Å². The minimum absolute atomic E-state index is 0.146. The van der Waals surface area contributed by atoms with Gasteiger partial charge in [0.2, 0.25) is 0 Å². The minimum atomic E-state index is -0.146. The number of rotatable bonds is 3. The topological polar surface area (TPSA) is 283 Å². The van der Waals surface area contributed by atoms with Gasteiger partial charge in [-0.25, -0.2) is 0 Å². The van der Waals surface area contributed by atoms with Gasteiger partial charge in [-0.15, -0.1) is 0 Å². The number of phenolic OH excluding ortho intramolecular Hbond substituents is 6. The first-order chi connectivity index (χ1) is 28.6. The molecule has 0 spiro atoms. The van der Waals surface area contributed by atoms with Gasteiger partial charge in [0, 0.05) is 109 Å². The van der Waals surface area contributed by atoms with Crippen LogP contribution in [0.4, 0.5) is 0 Å². The molecule has 18 nitrogen and oxygen atoms in total. The third kappa shape index (κ3) is 14.9. The molecule has 0 aliphatic heterocycles. The lowest BCUT2D eigenvalue weighted by molar-refractivity contribution is -0.605. The molecule has 0 aliphatic carbocycles. The maximum Gasteiger partial charge on any atom is 0.180 e. The van der Waals surface area contributed by atoms with Crippen LogP contribution in [0.3, 0.4) is 0 Å². The number of phenols is 6. The van der Waals surface area contributed by atoms with Gasteiger partial charge in [0.15, 0.2) is 74.4 Å². The number of hydrogen-bond donors (Lipinski definition) is 6. The number of aromatic nitrogens is 6. The molecule has 0 aliphatic rings. The third-order valence-corrected chi connectivity index (χ3v) is 7.59. The summed E-state index contributed by atoms with van der Waals surface area (Å²) in [5, 5.41) is 117. The van der Waals surface area contributed by atoms with Gasteiger partial charge < -0.3 is 61.9 Å². The fourth-order valence-corrected chi connectivity index (χ4v) is 4.79. The van der Waals surface area contributed by atoms with Crippen molar-refractivity contribution in [3.63, 3.8) is 0 Å². The summed E-state index contributed by atoms with van der Waals surface area (Å²) >= 11 is 0. The maximum absolute atomic E-state index is 10.8. The molecule has 8 rings (SSSR count). The van der Waals surface area contributed by atoms with E-state index in [1.54, 1.807) is 72.8 Å². The van der Waals surface area contributed by atoms with Crippen LogP contribution in [0.1, 0.15) is 0 Å². The van der Waals surface area contributed by atoms with Crippen LogP contribution in [0, 0.1) is 31.2 Å². The van der Waals surface area contributed by atoms with E-state index < -0.39 is 0 Å². The lowest BCUT2D eigenvalue weighted by atomic mass is 10.1. The Morgan fingerprint density at radius 1 is 0.217 bits per heavy atom. The van der Waals surface area contributed by atoms with Crippen molar-refractivity contribution in [2.75, 3.05) is 0 Å². The Kier molecular flexibility index (Phi) is 15.5. The van der Waals surface area contributed by atoms with Crippen molar-refractivity contribution in [3.05, 3.63) is 215 Å². The SMILES string of the molecule is Oc1cc(O)cc(O)c1.Oc1cc(O)cc(O)c1.[O-][n+]1ccc(-c2cc[n+]([O-])cc2)cc1.[O-][n+]1ccc(-c2cc[n+]([O-])cc2)cc1.[O-][n+]1ccc(-c2cc[n+]([O-])cc2)cc1. The molecule has 2 aromatic carbocycles. The van der Waals surface area contributed by atoms with Crippen molar-refractivity contribution in [3.8, 4) is 67.9 Å². The Labute approximate surface area is 341 Å². The summed E-state index contributed by atoms with van der Waals surface area (Å²) in [7, 11) is 0. The molecule has 0 saturated carbocycles. The standard InChI is InChI=1S/3C10H8N2O2.2C6H6O3/c3*13-11-5-1-9(2-6-11)10-3-7-12(14)8-4-10;2*7-4-1-5(8)3-6(9)2-4/h3*1-8H;2*1-3,7-9H. The van der Waals surface area contributed by atoms with Gasteiger partial charge in [-0.3, -0.25) is 0 Å². The van der Waals surface area contributed by atoms with Crippen LogP contribution in [0.5, 0.6) is 34.5 Å². The second kappa shape index (κ2) is 21.3. The summed E-state index contributed by atoms with van der Waals surface area (Å²) < 4.78 is 4.33. The number of benzene rings is 2. The predicted octanol–water partition coefficient (Wildman–Crippen LogP) is 3.47. The molecule has 18 heteroatoms. The van der Waals surface area contributed by atoms with Gasteiger partial charge in [-0.05, 0) is 33.4 Å². The van der Waals surface area contributed by atoms with Crippen LogP contribution >= 0.6 is 0 Å². The largest absolute Gasteiger partial charge is 0.619 e. The second-order valence-electron chi connectivity index (χ2n) is 12.1. The summed E-state index contributed by atoms with van der Waals surface area (Å²) in [4.78, 5) is 0. The van der Waals surface area contributed by atoms with Crippen molar-refractivity contribution in [1.82, 2.24) is 0 Å². The molecular formula is C42H36N6O12. The molecule has 0 radical (unpaired) electrons. The zero-order valence-corrected chi connectivity index (χ0v) is 31.1. The first-order valence-corrected chi connectivity index (χ1v) is 17.2. The number of hydrogen-bond acceptors (Lipinski definition) is 12. The molecule has 0 unspecified atom stereocenters. The molecule has 6 aromatic heterocycles. The van der Waals surface area contributed by atoms with Crippen molar-refractivity contribution >= 4 is 0 Å². The van der Waals surface area contributed by atoms with Gasteiger partial charge >= 0.3 is 0 Å².